The van der Waals surface area contributed by atoms with Gasteiger partial charge in [-0.25, -0.2) is 0 Å². The fourth-order valence-electron chi connectivity index (χ4n) is 1.79. The van der Waals surface area contributed by atoms with Gasteiger partial charge in [0.05, 0.1) is 0 Å². The topological polar surface area (TPSA) is 17.1 Å². The van der Waals surface area contributed by atoms with E-state index in [1.54, 1.807) is 0 Å². The summed E-state index contributed by atoms with van der Waals surface area (Å²) < 4.78 is 1.02. The van der Waals surface area contributed by atoms with Crippen LogP contribution in [0.4, 0.5) is 0 Å². The van der Waals surface area contributed by atoms with Crippen LogP contribution in [0.2, 0.25) is 0 Å². The van der Waals surface area contributed by atoms with Gasteiger partial charge in [0.15, 0.2) is 5.78 Å². The molecular weight excluding hydrogens is 323 g/mol. The number of carbonyl (C=O) groups is 1. The molecule has 0 amide bonds. The summed E-state index contributed by atoms with van der Waals surface area (Å²) in [4.78, 5) is 12.1. The van der Waals surface area contributed by atoms with Gasteiger partial charge in [-0.15, -0.1) is 0 Å². The number of aryl methyl sites for hydroxylation is 1. The van der Waals surface area contributed by atoms with Crippen LogP contribution in [0.25, 0.3) is 0 Å². The van der Waals surface area contributed by atoms with Crippen LogP contribution in [0.1, 0.15) is 21.5 Å². The molecule has 0 atom stereocenters. The average Bonchev–Trinajstić information content (AvgIpc) is 2.29. The lowest BCUT2D eigenvalue weighted by Gasteiger charge is -2.04. The van der Waals surface area contributed by atoms with E-state index in [0.717, 1.165) is 14.7 Å². The van der Waals surface area contributed by atoms with E-state index in [4.69, 9.17) is 0 Å². The molecule has 0 saturated heterocycles. The van der Waals surface area contributed by atoms with E-state index >= 15 is 0 Å². The first-order chi connectivity index (χ1) is 8.16. The Morgan fingerprint density at radius 1 is 1.12 bits per heavy atom. The third-order valence-corrected chi connectivity index (χ3v) is 3.56. The lowest BCUT2D eigenvalue weighted by Crippen LogP contribution is -2.05. The minimum absolute atomic E-state index is 0.181. The van der Waals surface area contributed by atoms with Gasteiger partial charge < -0.3 is 0 Å². The van der Waals surface area contributed by atoms with Crippen molar-refractivity contribution in [3.8, 4) is 0 Å². The summed E-state index contributed by atoms with van der Waals surface area (Å²) in [7, 11) is 0. The first-order valence-electron chi connectivity index (χ1n) is 5.50. The van der Waals surface area contributed by atoms with Crippen molar-refractivity contribution in [2.45, 2.75) is 13.3 Å². The average molecular weight is 336 g/mol. The number of hydrogen-bond donors (Lipinski definition) is 0. The van der Waals surface area contributed by atoms with Crippen LogP contribution in [0, 0.1) is 10.5 Å². The van der Waals surface area contributed by atoms with Crippen LogP contribution in [0.15, 0.2) is 48.5 Å². The van der Waals surface area contributed by atoms with E-state index in [1.165, 1.54) is 5.56 Å². The first kappa shape index (κ1) is 12.3. The van der Waals surface area contributed by atoms with Crippen LogP contribution in [0.3, 0.4) is 0 Å². The zero-order chi connectivity index (χ0) is 12.3. The second-order valence-electron chi connectivity index (χ2n) is 4.07. The summed E-state index contributed by atoms with van der Waals surface area (Å²) in [5, 5.41) is 0. The molecule has 0 unspecified atom stereocenters. The highest BCUT2D eigenvalue weighted by Crippen LogP contribution is 2.15. The molecule has 0 aliphatic carbocycles. The van der Waals surface area contributed by atoms with Gasteiger partial charge in [0.1, 0.15) is 0 Å². The van der Waals surface area contributed by atoms with Crippen LogP contribution in [-0.4, -0.2) is 5.78 Å². The molecular formula is C15H13IO. The molecule has 0 aromatic heterocycles. The third-order valence-electron chi connectivity index (χ3n) is 2.62. The maximum Gasteiger partial charge on any atom is 0.168 e. The van der Waals surface area contributed by atoms with Crippen LogP contribution in [0.5, 0.6) is 0 Å². The molecule has 17 heavy (non-hydrogen) atoms. The van der Waals surface area contributed by atoms with Gasteiger partial charge in [0.25, 0.3) is 0 Å². The first-order valence-corrected chi connectivity index (χ1v) is 6.58. The lowest BCUT2D eigenvalue weighted by atomic mass is 10.0. The van der Waals surface area contributed by atoms with Crippen molar-refractivity contribution in [1.29, 1.82) is 0 Å². The van der Waals surface area contributed by atoms with Crippen molar-refractivity contribution < 1.29 is 4.79 Å². The molecule has 2 aromatic carbocycles. The van der Waals surface area contributed by atoms with Crippen molar-refractivity contribution in [3.63, 3.8) is 0 Å². The lowest BCUT2D eigenvalue weighted by molar-refractivity contribution is 0.0992. The van der Waals surface area contributed by atoms with Gasteiger partial charge >= 0.3 is 0 Å². The smallest absolute Gasteiger partial charge is 0.168 e. The number of rotatable bonds is 3. The maximum absolute atomic E-state index is 12.1. The van der Waals surface area contributed by atoms with Crippen molar-refractivity contribution in [2.75, 3.05) is 0 Å². The molecule has 2 heteroatoms. The Hall–Kier alpha value is -1.16. The Morgan fingerprint density at radius 2 is 1.88 bits per heavy atom. The maximum atomic E-state index is 12.1. The van der Waals surface area contributed by atoms with E-state index in [0.29, 0.717) is 6.42 Å². The van der Waals surface area contributed by atoms with Crippen molar-refractivity contribution in [3.05, 3.63) is 68.8 Å². The van der Waals surface area contributed by atoms with Crippen LogP contribution < -0.4 is 0 Å². The molecule has 0 spiro atoms. The Kier molecular flexibility index (Phi) is 3.94. The zero-order valence-electron chi connectivity index (χ0n) is 9.61. The SMILES string of the molecule is Cc1cccc(CC(=O)c2ccccc2I)c1. The highest BCUT2D eigenvalue weighted by atomic mass is 127. The van der Waals surface area contributed by atoms with Gasteiger partial charge in [0.2, 0.25) is 0 Å². The molecule has 0 aliphatic rings. The van der Waals surface area contributed by atoms with E-state index < -0.39 is 0 Å². The summed E-state index contributed by atoms with van der Waals surface area (Å²) in [6.07, 6.45) is 0.474. The Balaban J connectivity index is 2.20. The normalized spacial score (nSPS) is 10.2. The van der Waals surface area contributed by atoms with Crippen molar-refractivity contribution in [2.24, 2.45) is 0 Å². The molecule has 2 aromatic rings. The van der Waals surface area contributed by atoms with E-state index in [1.807, 2.05) is 49.4 Å². The minimum atomic E-state index is 0.181. The summed E-state index contributed by atoms with van der Waals surface area (Å²) in [6.45, 7) is 2.04. The van der Waals surface area contributed by atoms with Crippen molar-refractivity contribution in [1.82, 2.24) is 0 Å². The number of benzene rings is 2. The Morgan fingerprint density at radius 3 is 2.59 bits per heavy atom. The number of hydrogen-bond acceptors (Lipinski definition) is 1. The molecule has 0 fully saturated rings. The Bertz CT molecular complexity index is 546. The van der Waals surface area contributed by atoms with Crippen molar-refractivity contribution >= 4 is 28.4 Å². The summed E-state index contributed by atoms with van der Waals surface area (Å²) in [5.74, 6) is 0.181. The summed E-state index contributed by atoms with van der Waals surface area (Å²) in [6, 6.07) is 15.8. The second kappa shape index (κ2) is 5.45. The third kappa shape index (κ3) is 3.16. The number of Topliss-reactive ketones (excluding diaryl/α,β-unsaturated/α-hetero) is 1. The number of ketones is 1. The predicted molar refractivity (Wildman–Crippen MR) is 78.4 cm³/mol. The zero-order valence-corrected chi connectivity index (χ0v) is 11.8. The molecule has 0 heterocycles. The highest BCUT2D eigenvalue weighted by Gasteiger charge is 2.09. The minimum Gasteiger partial charge on any atom is -0.294 e. The fraction of sp³-hybridized carbons (Fsp3) is 0.133. The number of halogens is 1. The van der Waals surface area contributed by atoms with Gasteiger partial charge in [-0.3, -0.25) is 4.79 Å². The summed E-state index contributed by atoms with van der Waals surface area (Å²) in [5.41, 5.74) is 3.09. The predicted octanol–water partition coefficient (Wildman–Crippen LogP) is 4.03. The Labute approximate surface area is 115 Å². The van der Waals surface area contributed by atoms with Gasteiger partial charge in [0, 0.05) is 15.6 Å². The van der Waals surface area contributed by atoms with Gasteiger partial charge in [-0.05, 0) is 41.1 Å². The van der Waals surface area contributed by atoms with E-state index in [9.17, 15) is 4.79 Å². The molecule has 0 radical (unpaired) electrons. The van der Waals surface area contributed by atoms with E-state index in [2.05, 4.69) is 28.7 Å². The quantitative estimate of drug-likeness (QED) is 0.611. The standard InChI is InChI=1S/C15H13IO/c1-11-5-4-6-12(9-11)10-15(17)13-7-2-3-8-14(13)16/h2-9H,10H2,1H3. The van der Waals surface area contributed by atoms with Crippen LogP contribution >= 0.6 is 22.6 Å². The molecule has 0 bridgehead atoms. The van der Waals surface area contributed by atoms with Crippen LogP contribution in [-0.2, 0) is 6.42 Å². The molecule has 0 N–H and O–H groups in total. The molecule has 1 nitrogen and oxygen atoms in total. The monoisotopic (exact) mass is 336 g/mol. The molecule has 2 rings (SSSR count). The largest absolute Gasteiger partial charge is 0.294 e. The molecule has 86 valence electrons. The van der Waals surface area contributed by atoms with Gasteiger partial charge in [-0.2, -0.15) is 0 Å². The second-order valence-corrected chi connectivity index (χ2v) is 5.23. The highest BCUT2D eigenvalue weighted by molar-refractivity contribution is 14.1. The fourth-order valence-corrected chi connectivity index (χ4v) is 2.48. The molecule has 0 saturated carbocycles. The summed E-state index contributed by atoms with van der Waals surface area (Å²) >= 11 is 2.20. The number of carbonyl (C=O) groups excluding carboxylic acids is 1. The molecule has 0 aliphatic heterocycles. The van der Waals surface area contributed by atoms with Gasteiger partial charge in [-0.1, -0.05) is 48.0 Å². The van der Waals surface area contributed by atoms with E-state index in [-0.39, 0.29) is 5.78 Å².